The number of fused-ring (bicyclic) bond motifs is 1. The van der Waals surface area contributed by atoms with Gasteiger partial charge < -0.3 is 10.1 Å². The SMILES string of the molecule is O=C1Nc2ccccc2OC1CCNS(=O)(=O)c1ccc(Cl)cc1. The normalized spacial score (nSPS) is 16.9. The second kappa shape index (κ2) is 6.80. The van der Waals surface area contributed by atoms with Crippen LogP contribution in [0.5, 0.6) is 5.75 Å². The van der Waals surface area contributed by atoms with E-state index in [1.165, 1.54) is 24.3 Å². The Morgan fingerprint density at radius 2 is 1.83 bits per heavy atom. The molecule has 0 aliphatic carbocycles. The monoisotopic (exact) mass is 366 g/mol. The minimum atomic E-state index is -3.65. The highest BCUT2D eigenvalue weighted by atomic mass is 35.5. The fourth-order valence-corrected chi connectivity index (χ4v) is 3.48. The zero-order valence-corrected chi connectivity index (χ0v) is 14.1. The standard InChI is InChI=1S/C16H15ClN2O4S/c17-11-5-7-12(8-6-11)24(21,22)18-10-9-15-16(20)19-13-3-1-2-4-14(13)23-15/h1-8,15,18H,9-10H2,(H,19,20). The van der Waals surface area contributed by atoms with Gasteiger partial charge in [-0.05, 0) is 36.4 Å². The highest BCUT2D eigenvalue weighted by molar-refractivity contribution is 7.89. The third-order valence-corrected chi connectivity index (χ3v) is 5.26. The Labute approximate surface area is 144 Å². The number of halogens is 1. The maximum absolute atomic E-state index is 12.2. The van der Waals surface area contributed by atoms with Crippen LogP contribution in [0.3, 0.4) is 0 Å². The van der Waals surface area contributed by atoms with Crippen molar-refractivity contribution >= 4 is 33.2 Å². The fourth-order valence-electron chi connectivity index (χ4n) is 2.30. The van der Waals surface area contributed by atoms with E-state index in [1.54, 1.807) is 24.3 Å². The number of benzene rings is 2. The van der Waals surface area contributed by atoms with Crippen LogP contribution in [0.2, 0.25) is 5.02 Å². The summed E-state index contributed by atoms with van der Waals surface area (Å²) in [6.07, 6.45) is -0.527. The summed E-state index contributed by atoms with van der Waals surface area (Å²) >= 11 is 5.75. The van der Waals surface area contributed by atoms with Crippen molar-refractivity contribution in [2.24, 2.45) is 0 Å². The van der Waals surface area contributed by atoms with Crippen LogP contribution < -0.4 is 14.8 Å². The van der Waals surface area contributed by atoms with Crippen molar-refractivity contribution in [2.75, 3.05) is 11.9 Å². The first-order chi connectivity index (χ1) is 11.5. The topological polar surface area (TPSA) is 84.5 Å². The zero-order valence-electron chi connectivity index (χ0n) is 12.5. The molecule has 0 saturated carbocycles. The number of carbonyl (C=O) groups is 1. The van der Waals surface area contributed by atoms with Crippen LogP contribution in [0.15, 0.2) is 53.4 Å². The number of carbonyl (C=O) groups excluding carboxylic acids is 1. The molecule has 0 aromatic heterocycles. The average molecular weight is 367 g/mol. The summed E-state index contributed by atoms with van der Waals surface area (Å²) < 4.78 is 32.4. The van der Waals surface area contributed by atoms with Gasteiger partial charge in [0.05, 0.1) is 10.6 Å². The molecule has 1 amide bonds. The van der Waals surface area contributed by atoms with Crippen LogP contribution in [0, 0.1) is 0 Å². The van der Waals surface area contributed by atoms with Crippen LogP contribution in [0.1, 0.15) is 6.42 Å². The molecule has 0 radical (unpaired) electrons. The Bertz CT molecular complexity index is 853. The quantitative estimate of drug-likeness (QED) is 0.851. The smallest absolute Gasteiger partial charge is 0.265 e. The molecular formula is C16H15ClN2O4S. The molecule has 1 aliphatic rings. The fraction of sp³-hybridized carbons (Fsp3) is 0.188. The molecule has 8 heteroatoms. The van der Waals surface area contributed by atoms with E-state index in [0.29, 0.717) is 16.5 Å². The van der Waals surface area contributed by atoms with E-state index in [4.69, 9.17) is 16.3 Å². The van der Waals surface area contributed by atoms with Crippen LogP contribution in [-0.2, 0) is 14.8 Å². The summed E-state index contributed by atoms with van der Waals surface area (Å²) in [6, 6.07) is 12.9. The molecule has 0 saturated heterocycles. The van der Waals surface area contributed by atoms with Crippen molar-refractivity contribution in [1.82, 2.24) is 4.72 Å². The number of anilines is 1. The predicted molar refractivity (Wildman–Crippen MR) is 90.7 cm³/mol. The highest BCUT2D eigenvalue weighted by Gasteiger charge is 2.27. The molecular weight excluding hydrogens is 352 g/mol. The number of hydrogen-bond acceptors (Lipinski definition) is 4. The van der Waals surface area contributed by atoms with Crippen LogP contribution in [0.25, 0.3) is 0 Å². The molecule has 0 fully saturated rings. The molecule has 6 nitrogen and oxygen atoms in total. The van der Waals surface area contributed by atoms with Crippen molar-refractivity contribution in [1.29, 1.82) is 0 Å². The number of sulfonamides is 1. The van der Waals surface area contributed by atoms with Gasteiger partial charge in [-0.2, -0.15) is 0 Å². The lowest BCUT2D eigenvalue weighted by atomic mass is 10.2. The van der Waals surface area contributed by atoms with E-state index in [0.717, 1.165) is 0 Å². The van der Waals surface area contributed by atoms with Gasteiger partial charge in [0.1, 0.15) is 5.75 Å². The first-order valence-corrected chi connectivity index (χ1v) is 9.13. The molecule has 1 unspecified atom stereocenters. The van der Waals surface area contributed by atoms with Crippen molar-refractivity contribution in [2.45, 2.75) is 17.4 Å². The second-order valence-electron chi connectivity index (χ2n) is 5.23. The molecule has 2 aromatic carbocycles. The van der Waals surface area contributed by atoms with Gasteiger partial charge in [0.15, 0.2) is 6.10 Å². The number of amides is 1. The average Bonchev–Trinajstić information content (AvgIpc) is 2.55. The van der Waals surface area contributed by atoms with E-state index in [2.05, 4.69) is 10.0 Å². The Morgan fingerprint density at radius 3 is 2.58 bits per heavy atom. The number of rotatable bonds is 5. The van der Waals surface area contributed by atoms with Gasteiger partial charge in [-0.15, -0.1) is 0 Å². The second-order valence-corrected chi connectivity index (χ2v) is 7.44. The number of ether oxygens (including phenoxy) is 1. The van der Waals surface area contributed by atoms with Gasteiger partial charge in [0.25, 0.3) is 5.91 Å². The van der Waals surface area contributed by atoms with E-state index < -0.39 is 16.1 Å². The lowest BCUT2D eigenvalue weighted by Gasteiger charge is -2.25. The van der Waals surface area contributed by atoms with Crippen LogP contribution in [0.4, 0.5) is 5.69 Å². The predicted octanol–water partition coefficient (Wildman–Crippen LogP) is 2.41. The summed E-state index contributed by atoms with van der Waals surface area (Å²) in [4.78, 5) is 12.1. The molecule has 126 valence electrons. The van der Waals surface area contributed by atoms with Crippen molar-refractivity contribution in [3.05, 3.63) is 53.6 Å². The van der Waals surface area contributed by atoms with Crippen LogP contribution >= 0.6 is 11.6 Å². The minimum Gasteiger partial charge on any atom is -0.478 e. The van der Waals surface area contributed by atoms with Crippen molar-refractivity contribution in [3.63, 3.8) is 0 Å². The Kier molecular flexibility index (Phi) is 4.75. The van der Waals surface area contributed by atoms with Gasteiger partial charge in [-0.3, -0.25) is 4.79 Å². The first-order valence-electron chi connectivity index (χ1n) is 7.27. The molecule has 0 bridgehead atoms. The van der Waals surface area contributed by atoms with Gasteiger partial charge >= 0.3 is 0 Å². The number of nitrogens with one attached hydrogen (secondary N) is 2. The molecule has 2 aromatic rings. The lowest BCUT2D eigenvalue weighted by molar-refractivity contribution is -0.123. The van der Waals surface area contributed by atoms with Gasteiger partial charge in [0.2, 0.25) is 10.0 Å². The largest absolute Gasteiger partial charge is 0.478 e. The number of hydrogen-bond donors (Lipinski definition) is 2. The molecule has 1 atom stereocenters. The maximum atomic E-state index is 12.2. The molecule has 2 N–H and O–H groups in total. The molecule has 0 spiro atoms. The van der Waals surface area contributed by atoms with E-state index >= 15 is 0 Å². The Hall–Kier alpha value is -2.09. The third kappa shape index (κ3) is 3.69. The summed E-state index contributed by atoms with van der Waals surface area (Å²) in [6.45, 7) is 0.0746. The maximum Gasteiger partial charge on any atom is 0.265 e. The van der Waals surface area contributed by atoms with Crippen molar-refractivity contribution in [3.8, 4) is 5.75 Å². The van der Waals surface area contributed by atoms with Gasteiger partial charge in [-0.25, -0.2) is 13.1 Å². The molecule has 1 heterocycles. The summed E-state index contributed by atoms with van der Waals surface area (Å²) in [5.74, 6) is 0.280. The third-order valence-electron chi connectivity index (χ3n) is 3.53. The summed E-state index contributed by atoms with van der Waals surface area (Å²) in [5.41, 5.74) is 0.612. The Balaban J connectivity index is 1.60. The van der Waals surface area contributed by atoms with E-state index in [-0.39, 0.29) is 23.8 Å². The van der Waals surface area contributed by atoms with Crippen LogP contribution in [-0.4, -0.2) is 27.0 Å². The first kappa shape index (κ1) is 16.8. The highest BCUT2D eigenvalue weighted by Crippen LogP contribution is 2.29. The van der Waals surface area contributed by atoms with E-state index in [9.17, 15) is 13.2 Å². The summed E-state index contributed by atoms with van der Waals surface area (Å²) in [5, 5.41) is 3.20. The molecule has 3 rings (SSSR count). The molecule has 1 aliphatic heterocycles. The van der Waals surface area contributed by atoms with Gasteiger partial charge in [0, 0.05) is 18.0 Å². The Morgan fingerprint density at radius 1 is 1.12 bits per heavy atom. The van der Waals surface area contributed by atoms with Gasteiger partial charge in [-0.1, -0.05) is 23.7 Å². The molecule has 24 heavy (non-hydrogen) atoms. The number of para-hydroxylation sites is 2. The zero-order chi connectivity index (χ0) is 17.2. The summed E-state index contributed by atoms with van der Waals surface area (Å²) in [7, 11) is -3.65. The minimum absolute atomic E-state index is 0.0746. The van der Waals surface area contributed by atoms with E-state index in [1.807, 2.05) is 0 Å². The lowest BCUT2D eigenvalue weighted by Crippen LogP contribution is -2.39. The van der Waals surface area contributed by atoms with Crippen molar-refractivity contribution < 1.29 is 17.9 Å².